The zero-order chi connectivity index (χ0) is 11.1. The van der Waals surface area contributed by atoms with E-state index in [1.807, 2.05) is 6.08 Å². The average Bonchev–Trinajstić information content (AvgIpc) is 2.16. The molecule has 0 radical (unpaired) electrons. The van der Waals surface area contributed by atoms with Crippen LogP contribution in [-0.2, 0) is 0 Å². The third kappa shape index (κ3) is 3.53. The Hall–Kier alpha value is -0.780. The predicted octanol–water partition coefficient (Wildman–Crippen LogP) is 4.75. The topological polar surface area (TPSA) is 0 Å². The van der Waals surface area contributed by atoms with E-state index in [1.54, 1.807) is 0 Å². The Morgan fingerprint density at radius 1 is 1.21 bits per heavy atom. The van der Waals surface area contributed by atoms with E-state index in [1.165, 1.54) is 17.6 Å². The van der Waals surface area contributed by atoms with Crippen LogP contribution in [0.4, 0.5) is 0 Å². The molecule has 0 aromatic heterocycles. The lowest BCUT2D eigenvalue weighted by Gasteiger charge is -2.17. The first-order valence-electron chi connectivity index (χ1n) is 5.57. The van der Waals surface area contributed by atoms with Crippen LogP contribution in [0.25, 0.3) is 0 Å². The Kier molecular flexibility index (Phi) is 6.27. The van der Waals surface area contributed by atoms with Gasteiger partial charge in [-0.05, 0) is 36.3 Å². The van der Waals surface area contributed by atoms with Gasteiger partial charge >= 0.3 is 0 Å². The van der Waals surface area contributed by atoms with E-state index in [9.17, 15) is 0 Å². The van der Waals surface area contributed by atoms with Gasteiger partial charge in [0.1, 0.15) is 0 Å². The second kappa shape index (κ2) is 6.64. The van der Waals surface area contributed by atoms with Crippen molar-refractivity contribution < 1.29 is 0 Å². The van der Waals surface area contributed by atoms with Crippen molar-refractivity contribution in [1.29, 1.82) is 0 Å². The molecule has 80 valence electrons. The smallest absolute Gasteiger partial charge is 0.0190 e. The van der Waals surface area contributed by atoms with E-state index in [-0.39, 0.29) is 0 Å². The van der Waals surface area contributed by atoms with Crippen LogP contribution in [0.15, 0.2) is 36.0 Å². The molecule has 0 saturated carbocycles. The Bertz CT molecular complexity index is 228. The molecule has 0 heterocycles. The van der Waals surface area contributed by atoms with Gasteiger partial charge in [-0.3, -0.25) is 0 Å². The minimum absolute atomic E-state index is 0.563. The molecule has 0 aliphatic carbocycles. The molecular weight excluding hydrogens is 168 g/mol. The van der Waals surface area contributed by atoms with Gasteiger partial charge in [0.25, 0.3) is 0 Å². The molecule has 14 heavy (non-hydrogen) atoms. The van der Waals surface area contributed by atoms with E-state index in [4.69, 9.17) is 0 Å². The molecule has 0 aromatic rings. The molecule has 0 aromatic carbocycles. The predicted molar refractivity (Wildman–Crippen MR) is 66.3 cm³/mol. The second-order valence-electron chi connectivity index (χ2n) is 4.08. The molecule has 0 rings (SSSR count). The van der Waals surface area contributed by atoms with Crippen LogP contribution in [0.3, 0.4) is 0 Å². The molecule has 1 atom stereocenters. The lowest BCUT2D eigenvalue weighted by Crippen LogP contribution is -2.03. The number of hydrogen-bond donors (Lipinski definition) is 0. The summed E-state index contributed by atoms with van der Waals surface area (Å²) in [6.45, 7) is 14.9. The van der Waals surface area contributed by atoms with Crippen LogP contribution in [0, 0.1) is 11.8 Å². The van der Waals surface area contributed by atoms with E-state index >= 15 is 0 Å². The molecule has 0 nitrogen and oxygen atoms in total. The molecule has 0 aliphatic rings. The van der Waals surface area contributed by atoms with Crippen LogP contribution in [0.1, 0.15) is 41.0 Å². The highest BCUT2D eigenvalue weighted by atomic mass is 14.2. The van der Waals surface area contributed by atoms with Gasteiger partial charge in [0, 0.05) is 0 Å². The maximum atomic E-state index is 3.91. The van der Waals surface area contributed by atoms with Gasteiger partial charge in [-0.15, -0.1) is 0 Å². The van der Waals surface area contributed by atoms with E-state index in [0.717, 1.165) is 0 Å². The summed E-state index contributed by atoms with van der Waals surface area (Å²) >= 11 is 0. The minimum atomic E-state index is 0.563. The summed E-state index contributed by atoms with van der Waals surface area (Å²) < 4.78 is 0. The maximum absolute atomic E-state index is 3.91. The van der Waals surface area contributed by atoms with Gasteiger partial charge in [0.15, 0.2) is 0 Å². The van der Waals surface area contributed by atoms with Crippen LogP contribution < -0.4 is 0 Å². The molecule has 1 unspecified atom stereocenters. The Morgan fingerprint density at radius 3 is 2.07 bits per heavy atom. The fourth-order valence-corrected chi connectivity index (χ4v) is 1.63. The quantitative estimate of drug-likeness (QED) is 0.551. The molecule has 0 saturated heterocycles. The molecule has 0 bridgehead atoms. The van der Waals surface area contributed by atoms with Crippen molar-refractivity contribution in [1.82, 2.24) is 0 Å². The minimum Gasteiger partial charge on any atom is -0.0988 e. The fraction of sp³-hybridized carbons (Fsp3) is 0.571. The molecule has 0 fully saturated rings. The largest absolute Gasteiger partial charge is 0.0988 e. The van der Waals surface area contributed by atoms with Crippen LogP contribution in [-0.4, -0.2) is 0 Å². The van der Waals surface area contributed by atoms with Gasteiger partial charge in [-0.2, -0.15) is 0 Å². The Balaban J connectivity index is 5.19. The van der Waals surface area contributed by atoms with Crippen LogP contribution in [0.2, 0.25) is 0 Å². The highest BCUT2D eigenvalue weighted by Crippen LogP contribution is 2.25. The van der Waals surface area contributed by atoms with Crippen molar-refractivity contribution in [2.24, 2.45) is 11.8 Å². The van der Waals surface area contributed by atoms with Crippen LogP contribution in [0.5, 0.6) is 0 Å². The first-order chi connectivity index (χ1) is 6.58. The molecule has 0 spiro atoms. The van der Waals surface area contributed by atoms with Crippen molar-refractivity contribution >= 4 is 0 Å². The normalized spacial score (nSPS) is 15.9. The number of hydrogen-bond acceptors (Lipinski definition) is 0. The third-order valence-corrected chi connectivity index (χ3v) is 2.66. The van der Waals surface area contributed by atoms with E-state index in [2.05, 4.69) is 53.3 Å². The maximum Gasteiger partial charge on any atom is -0.0190 e. The molecule has 0 aliphatic heterocycles. The molecular formula is C14H24. The van der Waals surface area contributed by atoms with Gasteiger partial charge in [0.2, 0.25) is 0 Å². The highest BCUT2D eigenvalue weighted by Gasteiger charge is 2.10. The summed E-state index contributed by atoms with van der Waals surface area (Å²) in [7, 11) is 0. The van der Waals surface area contributed by atoms with Gasteiger partial charge in [-0.25, -0.2) is 0 Å². The first-order valence-corrected chi connectivity index (χ1v) is 5.57. The first kappa shape index (κ1) is 13.2. The summed E-state index contributed by atoms with van der Waals surface area (Å²) in [5.74, 6) is 1.19. The summed E-state index contributed by atoms with van der Waals surface area (Å²) in [4.78, 5) is 0. The molecule has 0 amide bonds. The SMILES string of the molecule is C=C/C(=C(\C=C/C)C(C)CC)C(C)C. The number of rotatable bonds is 5. The highest BCUT2D eigenvalue weighted by molar-refractivity contribution is 5.34. The van der Waals surface area contributed by atoms with Gasteiger partial charge in [0.05, 0.1) is 0 Å². The van der Waals surface area contributed by atoms with Crippen LogP contribution >= 0.6 is 0 Å². The second-order valence-corrected chi connectivity index (χ2v) is 4.08. The lowest BCUT2D eigenvalue weighted by molar-refractivity contribution is 0.646. The van der Waals surface area contributed by atoms with Crippen molar-refractivity contribution in [3.63, 3.8) is 0 Å². The standard InChI is InChI=1S/C14H24/c1-7-10-14(12(6)8-2)13(9-3)11(4)5/h7,9-12H,3,8H2,1-2,4-6H3/b10-7-,14-13-. The lowest BCUT2D eigenvalue weighted by atomic mass is 9.88. The summed E-state index contributed by atoms with van der Waals surface area (Å²) in [6, 6.07) is 0. The Morgan fingerprint density at radius 2 is 1.79 bits per heavy atom. The third-order valence-electron chi connectivity index (χ3n) is 2.66. The average molecular weight is 192 g/mol. The van der Waals surface area contributed by atoms with E-state index < -0.39 is 0 Å². The zero-order valence-corrected chi connectivity index (χ0v) is 10.3. The van der Waals surface area contributed by atoms with Crippen molar-refractivity contribution in [3.05, 3.63) is 36.0 Å². The zero-order valence-electron chi connectivity index (χ0n) is 10.3. The van der Waals surface area contributed by atoms with E-state index in [0.29, 0.717) is 11.8 Å². The number of allylic oxidation sites excluding steroid dienone is 5. The van der Waals surface area contributed by atoms with Crippen molar-refractivity contribution in [3.8, 4) is 0 Å². The van der Waals surface area contributed by atoms with Gasteiger partial charge in [-0.1, -0.05) is 52.5 Å². The summed E-state index contributed by atoms with van der Waals surface area (Å²) in [6.07, 6.45) is 7.54. The fourth-order valence-electron chi connectivity index (χ4n) is 1.63. The molecule has 0 heteroatoms. The molecule has 0 N–H and O–H groups in total. The Labute approximate surface area is 89.4 Å². The van der Waals surface area contributed by atoms with Gasteiger partial charge < -0.3 is 0 Å². The van der Waals surface area contributed by atoms with Crippen molar-refractivity contribution in [2.75, 3.05) is 0 Å². The van der Waals surface area contributed by atoms with Crippen molar-refractivity contribution in [2.45, 2.75) is 41.0 Å². The monoisotopic (exact) mass is 192 g/mol. The summed E-state index contributed by atoms with van der Waals surface area (Å²) in [5, 5.41) is 0. The summed E-state index contributed by atoms with van der Waals surface area (Å²) in [5.41, 5.74) is 2.83.